The molecule has 0 aliphatic rings. The van der Waals surface area contributed by atoms with Crippen molar-refractivity contribution in [2.45, 2.75) is 20.4 Å². The van der Waals surface area contributed by atoms with E-state index in [2.05, 4.69) is 19.0 Å². The number of benzene rings is 2. The predicted molar refractivity (Wildman–Crippen MR) is 111 cm³/mol. The number of rotatable bonds is 8. The molecule has 2 aromatic carbocycles. The summed E-state index contributed by atoms with van der Waals surface area (Å²) in [7, 11) is 3.20. The topological polar surface area (TPSA) is 64.8 Å². The van der Waals surface area contributed by atoms with Crippen molar-refractivity contribution >= 4 is 5.91 Å². The lowest BCUT2D eigenvalue weighted by atomic mass is 10.1. The van der Waals surface area contributed by atoms with Gasteiger partial charge in [0.15, 0.2) is 5.76 Å². The zero-order valence-corrected chi connectivity index (χ0v) is 17.2. The number of hydrogen-bond donors (Lipinski definition) is 0. The van der Waals surface area contributed by atoms with Crippen LogP contribution in [0, 0.1) is 5.92 Å². The van der Waals surface area contributed by atoms with E-state index in [0.29, 0.717) is 47.5 Å². The third kappa shape index (κ3) is 4.96. The minimum Gasteiger partial charge on any atom is -0.497 e. The first-order chi connectivity index (χ1) is 14.0. The van der Waals surface area contributed by atoms with Crippen LogP contribution >= 0.6 is 0 Å². The normalized spacial score (nSPS) is 10.8. The quantitative estimate of drug-likeness (QED) is 0.556. The number of carbonyl (C=O) groups excluding carboxylic acids is 1. The molecular formula is C23H26N2O4. The molecule has 0 bridgehead atoms. The van der Waals surface area contributed by atoms with Crippen molar-refractivity contribution in [1.29, 1.82) is 0 Å². The molecule has 0 radical (unpaired) electrons. The van der Waals surface area contributed by atoms with Gasteiger partial charge in [-0.1, -0.05) is 37.2 Å². The Morgan fingerprint density at radius 3 is 2.48 bits per heavy atom. The first kappa shape index (κ1) is 20.5. The Balaban J connectivity index is 1.84. The molecule has 0 saturated heterocycles. The largest absolute Gasteiger partial charge is 0.497 e. The summed E-state index contributed by atoms with van der Waals surface area (Å²) in [5.74, 6) is 2.21. The van der Waals surface area contributed by atoms with E-state index in [4.69, 9.17) is 14.0 Å². The van der Waals surface area contributed by atoms with Crippen molar-refractivity contribution in [3.8, 4) is 22.8 Å². The minimum absolute atomic E-state index is 0.0223. The second kappa shape index (κ2) is 9.28. The minimum atomic E-state index is -0.0223. The molecule has 1 aromatic heterocycles. The molecule has 3 aromatic rings. The highest BCUT2D eigenvalue weighted by molar-refractivity contribution is 5.94. The Labute approximate surface area is 171 Å². The lowest BCUT2D eigenvalue weighted by Gasteiger charge is -2.23. The molecule has 1 heterocycles. The molecule has 29 heavy (non-hydrogen) atoms. The zero-order valence-electron chi connectivity index (χ0n) is 17.2. The molecule has 0 atom stereocenters. The van der Waals surface area contributed by atoms with Crippen molar-refractivity contribution in [2.24, 2.45) is 5.92 Å². The fourth-order valence-electron chi connectivity index (χ4n) is 3.13. The van der Waals surface area contributed by atoms with Crippen LogP contribution in [0.1, 0.15) is 29.9 Å². The van der Waals surface area contributed by atoms with E-state index in [1.54, 1.807) is 25.2 Å². The second-order valence-electron chi connectivity index (χ2n) is 7.19. The monoisotopic (exact) mass is 394 g/mol. The first-order valence-electron chi connectivity index (χ1n) is 9.54. The fraction of sp³-hybridized carbons (Fsp3) is 0.304. The first-order valence-corrected chi connectivity index (χ1v) is 9.54. The van der Waals surface area contributed by atoms with Gasteiger partial charge in [-0.15, -0.1) is 0 Å². The molecular weight excluding hydrogens is 368 g/mol. The highest BCUT2D eigenvalue weighted by Gasteiger charge is 2.20. The van der Waals surface area contributed by atoms with Gasteiger partial charge >= 0.3 is 0 Å². The molecule has 6 nitrogen and oxygen atoms in total. The number of nitrogens with zero attached hydrogens (tertiary/aromatic N) is 2. The van der Waals surface area contributed by atoms with E-state index in [1.165, 1.54) is 0 Å². The van der Waals surface area contributed by atoms with Crippen LogP contribution in [0.3, 0.4) is 0 Å². The third-order valence-corrected chi connectivity index (χ3v) is 4.48. The molecule has 0 spiro atoms. The van der Waals surface area contributed by atoms with Crippen LogP contribution in [-0.4, -0.2) is 36.7 Å². The van der Waals surface area contributed by atoms with Crippen LogP contribution in [0.25, 0.3) is 11.3 Å². The Kier molecular flexibility index (Phi) is 6.54. The van der Waals surface area contributed by atoms with Gasteiger partial charge in [0.1, 0.15) is 17.2 Å². The average Bonchev–Trinajstić information content (AvgIpc) is 3.20. The molecule has 0 saturated carbocycles. The van der Waals surface area contributed by atoms with E-state index in [9.17, 15) is 4.79 Å². The summed E-state index contributed by atoms with van der Waals surface area (Å²) in [6, 6.07) is 16.6. The van der Waals surface area contributed by atoms with Crippen LogP contribution in [0.15, 0.2) is 59.1 Å². The number of ether oxygens (including phenoxy) is 2. The second-order valence-corrected chi connectivity index (χ2v) is 7.19. The summed E-state index contributed by atoms with van der Waals surface area (Å²) in [5.41, 5.74) is 2.12. The summed E-state index contributed by atoms with van der Waals surface area (Å²) in [6.07, 6.45) is 0. The zero-order chi connectivity index (χ0) is 20.8. The van der Waals surface area contributed by atoms with Crippen LogP contribution in [0.5, 0.6) is 11.5 Å². The van der Waals surface area contributed by atoms with Gasteiger partial charge < -0.3 is 18.9 Å². The van der Waals surface area contributed by atoms with E-state index < -0.39 is 0 Å². The van der Waals surface area contributed by atoms with E-state index >= 15 is 0 Å². The van der Waals surface area contributed by atoms with E-state index in [0.717, 1.165) is 5.56 Å². The van der Waals surface area contributed by atoms with E-state index in [1.807, 2.05) is 48.5 Å². The Morgan fingerprint density at radius 1 is 1.07 bits per heavy atom. The maximum Gasteiger partial charge on any atom is 0.254 e. The van der Waals surface area contributed by atoms with E-state index in [-0.39, 0.29) is 5.91 Å². The highest BCUT2D eigenvalue weighted by atomic mass is 16.5. The number of carbonyl (C=O) groups is 1. The van der Waals surface area contributed by atoms with Crippen LogP contribution in [0.2, 0.25) is 0 Å². The summed E-state index contributed by atoms with van der Waals surface area (Å²) in [6.45, 7) is 5.17. The van der Waals surface area contributed by atoms with Gasteiger partial charge in [0.25, 0.3) is 5.91 Å². The Hall–Kier alpha value is -3.28. The lowest BCUT2D eigenvalue weighted by Crippen LogP contribution is -2.33. The van der Waals surface area contributed by atoms with Gasteiger partial charge in [-0.05, 0) is 30.2 Å². The molecule has 0 N–H and O–H groups in total. The summed E-state index contributed by atoms with van der Waals surface area (Å²) in [5, 5.41) is 4.18. The van der Waals surface area contributed by atoms with Gasteiger partial charge in [-0.2, -0.15) is 0 Å². The van der Waals surface area contributed by atoms with Crippen molar-refractivity contribution in [2.75, 3.05) is 20.8 Å². The standard InChI is InChI=1S/C23H26N2O4/c1-16(2)14-25(23(26)17-8-6-5-7-9-17)15-18-12-22(29-24-18)20-11-10-19(27-3)13-21(20)28-4/h5-13,16H,14-15H2,1-4H3. The van der Waals surface area contributed by atoms with Crippen molar-refractivity contribution in [3.63, 3.8) is 0 Å². The molecule has 3 rings (SSSR count). The van der Waals surface area contributed by atoms with Crippen LogP contribution < -0.4 is 9.47 Å². The van der Waals surface area contributed by atoms with Crippen molar-refractivity contribution in [3.05, 3.63) is 65.9 Å². The number of hydrogen-bond acceptors (Lipinski definition) is 5. The van der Waals surface area contributed by atoms with Crippen molar-refractivity contribution in [1.82, 2.24) is 10.1 Å². The third-order valence-electron chi connectivity index (χ3n) is 4.48. The average molecular weight is 394 g/mol. The Bertz CT molecular complexity index is 951. The number of methoxy groups -OCH3 is 2. The Morgan fingerprint density at radius 2 is 1.83 bits per heavy atom. The maximum atomic E-state index is 13.0. The highest BCUT2D eigenvalue weighted by Crippen LogP contribution is 2.33. The van der Waals surface area contributed by atoms with Gasteiger partial charge in [0.2, 0.25) is 0 Å². The SMILES string of the molecule is COc1ccc(-c2cc(CN(CC(C)C)C(=O)c3ccccc3)no2)c(OC)c1. The smallest absolute Gasteiger partial charge is 0.254 e. The summed E-state index contributed by atoms with van der Waals surface area (Å²) in [4.78, 5) is 14.8. The van der Waals surface area contributed by atoms with Gasteiger partial charge in [0.05, 0.1) is 26.3 Å². The fourth-order valence-corrected chi connectivity index (χ4v) is 3.13. The predicted octanol–water partition coefficient (Wildman–Crippen LogP) is 4.66. The number of aromatic nitrogens is 1. The molecule has 0 fully saturated rings. The lowest BCUT2D eigenvalue weighted by molar-refractivity contribution is 0.0719. The molecule has 152 valence electrons. The molecule has 0 aliphatic heterocycles. The molecule has 1 amide bonds. The molecule has 0 unspecified atom stereocenters. The van der Waals surface area contributed by atoms with Gasteiger partial charge in [0, 0.05) is 24.2 Å². The van der Waals surface area contributed by atoms with Crippen molar-refractivity contribution < 1.29 is 18.8 Å². The van der Waals surface area contributed by atoms with Crippen LogP contribution in [-0.2, 0) is 6.54 Å². The van der Waals surface area contributed by atoms with Gasteiger partial charge in [-0.3, -0.25) is 4.79 Å². The maximum absolute atomic E-state index is 13.0. The summed E-state index contributed by atoms with van der Waals surface area (Å²) >= 11 is 0. The van der Waals surface area contributed by atoms with Crippen LogP contribution in [0.4, 0.5) is 0 Å². The molecule has 6 heteroatoms. The summed E-state index contributed by atoms with van der Waals surface area (Å²) < 4.78 is 16.2. The number of amides is 1. The molecule has 0 aliphatic carbocycles. The van der Waals surface area contributed by atoms with Gasteiger partial charge in [-0.25, -0.2) is 0 Å².